The Morgan fingerprint density at radius 2 is 1.83 bits per heavy atom. The van der Waals surface area contributed by atoms with Crippen LogP contribution in [0.15, 0.2) is 53.5 Å². The molecule has 188 valence electrons. The molecule has 4 aromatic rings. The summed E-state index contributed by atoms with van der Waals surface area (Å²) in [6.07, 6.45) is 2.52. The third-order valence-corrected chi connectivity index (χ3v) is 7.01. The zero-order valence-electron chi connectivity index (χ0n) is 20.7. The molecule has 3 heterocycles. The van der Waals surface area contributed by atoms with Crippen LogP contribution in [0.25, 0.3) is 16.3 Å². The van der Waals surface area contributed by atoms with Gasteiger partial charge in [-0.2, -0.15) is 0 Å². The van der Waals surface area contributed by atoms with Crippen molar-refractivity contribution in [2.75, 3.05) is 46.9 Å². The second-order valence-corrected chi connectivity index (χ2v) is 10.1. The molecule has 1 saturated heterocycles. The van der Waals surface area contributed by atoms with E-state index < -0.39 is 0 Å². The second kappa shape index (κ2) is 10.6. The Morgan fingerprint density at radius 3 is 2.56 bits per heavy atom. The van der Waals surface area contributed by atoms with E-state index in [1.165, 1.54) is 0 Å². The third-order valence-electron chi connectivity index (χ3n) is 6.76. The Labute approximate surface area is 215 Å². The summed E-state index contributed by atoms with van der Waals surface area (Å²) >= 11 is 5.97. The fourth-order valence-electron chi connectivity index (χ4n) is 4.83. The van der Waals surface area contributed by atoms with E-state index in [2.05, 4.69) is 27.2 Å². The molecule has 0 bridgehead atoms. The Bertz CT molecular complexity index is 1430. The first-order valence-electron chi connectivity index (χ1n) is 12.3. The van der Waals surface area contributed by atoms with Crippen LogP contribution in [0.3, 0.4) is 0 Å². The summed E-state index contributed by atoms with van der Waals surface area (Å²) in [6.45, 7) is 5.12. The lowest BCUT2D eigenvalue weighted by Crippen LogP contribution is -2.35. The molecular formula is C28H31ClN4O3. The van der Waals surface area contributed by atoms with Gasteiger partial charge in [0.1, 0.15) is 5.56 Å². The lowest BCUT2D eigenvalue weighted by Gasteiger charge is -2.26. The van der Waals surface area contributed by atoms with Crippen molar-refractivity contribution in [3.05, 3.63) is 86.3 Å². The van der Waals surface area contributed by atoms with E-state index in [9.17, 15) is 9.59 Å². The molecule has 1 N–H and O–H groups in total. The summed E-state index contributed by atoms with van der Waals surface area (Å²) in [6, 6.07) is 13.6. The van der Waals surface area contributed by atoms with E-state index in [1.807, 2.05) is 36.7 Å². The summed E-state index contributed by atoms with van der Waals surface area (Å²) < 4.78 is 7.52. The summed E-state index contributed by atoms with van der Waals surface area (Å²) in [5.74, 6) is -0.375. The number of ether oxygens (including phenoxy) is 1. The highest BCUT2D eigenvalue weighted by molar-refractivity contribution is 6.30. The van der Waals surface area contributed by atoms with Crippen LogP contribution in [0.5, 0.6) is 0 Å². The van der Waals surface area contributed by atoms with Gasteiger partial charge in [0, 0.05) is 66.8 Å². The smallest absolute Gasteiger partial charge is 0.257 e. The highest BCUT2D eigenvalue weighted by Crippen LogP contribution is 2.27. The molecule has 0 aliphatic carbocycles. The minimum absolute atomic E-state index is 0.156. The lowest BCUT2D eigenvalue weighted by atomic mass is 10.0. The predicted molar refractivity (Wildman–Crippen MR) is 143 cm³/mol. The van der Waals surface area contributed by atoms with Crippen LogP contribution >= 0.6 is 11.6 Å². The number of hydrogen-bond acceptors (Lipinski definition) is 5. The molecule has 5 rings (SSSR count). The monoisotopic (exact) mass is 506 g/mol. The first-order valence-corrected chi connectivity index (χ1v) is 12.7. The molecule has 1 aliphatic rings. The Morgan fingerprint density at radius 1 is 1.08 bits per heavy atom. The molecule has 1 amide bonds. The number of pyridine rings is 1. The van der Waals surface area contributed by atoms with E-state index in [0.717, 1.165) is 73.5 Å². The van der Waals surface area contributed by atoms with Gasteiger partial charge in [-0.15, -0.1) is 0 Å². The van der Waals surface area contributed by atoms with E-state index in [-0.39, 0.29) is 16.9 Å². The Kier molecular flexibility index (Phi) is 7.25. The summed E-state index contributed by atoms with van der Waals surface area (Å²) in [5.41, 5.74) is 3.88. The normalized spacial score (nSPS) is 14.8. The molecule has 8 heteroatoms. The van der Waals surface area contributed by atoms with Crippen molar-refractivity contribution in [2.45, 2.75) is 19.5 Å². The largest absolute Gasteiger partial charge is 0.379 e. The molecule has 7 nitrogen and oxygen atoms in total. The zero-order chi connectivity index (χ0) is 25.2. The van der Waals surface area contributed by atoms with Crippen molar-refractivity contribution in [3.8, 4) is 0 Å². The number of nitrogens with one attached hydrogen (secondary N) is 1. The van der Waals surface area contributed by atoms with Gasteiger partial charge in [0.2, 0.25) is 5.43 Å². The van der Waals surface area contributed by atoms with Crippen LogP contribution in [0, 0.1) is 0 Å². The molecule has 0 saturated carbocycles. The van der Waals surface area contributed by atoms with Gasteiger partial charge in [-0.1, -0.05) is 23.7 Å². The van der Waals surface area contributed by atoms with Gasteiger partial charge in [0.05, 0.1) is 18.7 Å². The lowest BCUT2D eigenvalue weighted by molar-refractivity contribution is 0.0342. The van der Waals surface area contributed by atoms with Crippen molar-refractivity contribution >= 4 is 33.8 Å². The van der Waals surface area contributed by atoms with Crippen molar-refractivity contribution < 1.29 is 9.53 Å². The summed E-state index contributed by atoms with van der Waals surface area (Å²) in [5, 5.41) is 5.17. The average Bonchev–Trinajstić information content (AvgIpc) is 3.22. The number of rotatable bonds is 8. The first-order chi connectivity index (χ1) is 17.4. The van der Waals surface area contributed by atoms with E-state index in [4.69, 9.17) is 16.3 Å². The van der Waals surface area contributed by atoms with Crippen molar-refractivity contribution in [1.82, 2.24) is 19.5 Å². The van der Waals surface area contributed by atoms with Crippen LogP contribution in [-0.4, -0.2) is 67.1 Å². The maximum atomic E-state index is 13.6. The molecule has 0 unspecified atom stereocenters. The van der Waals surface area contributed by atoms with Crippen LogP contribution in [-0.2, 0) is 24.2 Å². The minimum Gasteiger partial charge on any atom is -0.379 e. The van der Waals surface area contributed by atoms with Gasteiger partial charge < -0.3 is 19.4 Å². The molecule has 0 spiro atoms. The van der Waals surface area contributed by atoms with Gasteiger partial charge in [0.15, 0.2) is 0 Å². The maximum absolute atomic E-state index is 13.6. The highest BCUT2D eigenvalue weighted by Gasteiger charge is 2.20. The van der Waals surface area contributed by atoms with E-state index in [0.29, 0.717) is 17.0 Å². The van der Waals surface area contributed by atoms with E-state index >= 15 is 0 Å². The van der Waals surface area contributed by atoms with Gasteiger partial charge >= 0.3 is 0 Å². The number of nitrogens with zero attached hydrogens (tertiary/aromatic N) is 3. The second-order valence-electron chi connectivity index (χ2n) is 9.71. The molecule has 1 aliphatic heterocycles. The Hall–Kier alpha value is -2.97. The summed E-state index contributed by atoms with van der Waals surface area (Å²) in [7, 11) is 4.08. The third kappa shape index (κ3) is 5.25. The van der Waals surface area contributed by atoms with Gasteiger partial charge in [-0.25, -0.2) is 0 Å². The quantitative estimate of drug-likeness (QED) is 0.397. The molecular weight excluding hydrogens is 476 g/mol. The molecule has 36 heavy (non-hydrogen) atoms. The number of carbonyl (C=O) groups excluding carboxylic acids is 1. The fourth-order valence-corrected chi connectivity index (χ4v) is 4.95. The van der Waals surface area contributed by atoms with Gasteiger partial charge in [-0.05, 0) is 55.6 Å². The predicted octanol–water partition coefficient (Wildman–Crippen LogP) is 3.41. The van der Waals surface area contributed by atoms with Crippen molar-refractivity contribution in [3.63, 3.8) is 0 Å². The molecule has 1 fully saturated rings. The van der Waals surface area contributed by atoms with Crippen LogP contribution in [0.1, 0.15) is 27.2 Å². The Balaban J connectivity index is 1.53. The standard InChI is InChI=1S/C28H31ClN4O3/c1-31(2)8-7-23-15-21-13-20(17-32-9-11-36-12-10-32)14-24-26(21)33(23)18-25(27(24)34)28(35)30-16-19-3-5-22(29)6-4-19/h3-6,13-15,18H,7-12,16-17H2,1-2H3,(H,30,35). The number of carbonyl (C=O) groups is 1. The van der Waals surface area contributed by atoms with E-state index in [1.54, 1.807) is 18.3 Å². The van der Waals surface area contributed by atoms with Gasteiger partial charge in [-0.3, -0.25) is 14.5 Å². The number of likely N-dealkylation sites (N-methyl/N-ethyl adjacent to an activating group) is 1. The van der Waals surface area contributed by atoms with Crippen molar-refractivity contribution in [2.24, 2.45) is 0 Å². The number of amides is 1. The van der Waals surface area contributed by atoms with Crippen molar-refractivity contribution in [1.29, 1.82) is 0 Å². The number of halogens is 1. The zero-order valence-corrected chi connectivity index (χ0v) is 21.5. The average molecular weight is 507 g/mol. The first kappa shape index (κ1) is 24.7. The fraction of sp³-hybridized carbons (Fsp3) is 0.357. The molecule has 0 radical (unpaired) electrons. The van der Waals surface area contributed by atoms with Crippen LogP contribution < -0.4 is 10.7 Å². The van der Waals surface area contributed by atoms with Gasteiger partial charge in [0.25, 0.3) is 5.91 Å². The number of hydrogen-bond donors (Lipinski definition) is 1. The number of aromatic nitrogens is 1. The minimum atomic E-state index is -0.375. The van der Waals surface area contributed by atoms with Crippen LogP contribution in [0.2, 0.25) is 5.02 Å². The highest BCUT2D eigenvalue weighted by atomic mass is 35.5. The van der Waals surface area contributed by atoms with Crippen LogP contribution in [0.4, 0.5) is 0 Å². The molecule has 0 atom stereocenters. The molecule has 2 aromatic heterocycles. The summed E-state index contributed by atoms with van der Waals surface area (Å²) in [4.78, 5) is 31.3. The number of morpholine rings is 1. The SMILES string of the molecule is CN(C)CCc1cc2cc(CN3CCOCC3)cc3c(=O)c(C(=O)NCc4ccc(Cl)cc4)cn1c23. The number of benzene rings is 2. The topological polar surface area (TPSA) is 66.3 Å². The maximum Gasteiger partial charge on any atom is 0.257 e. The molecule has 2 aromatic carbocycles.